The maximum absolute atomic E-state index is 5.82. The number of hydrogen-bond acceptors (Lipinski definition) is 1. The average Bonchev–Trinajstić information content (AvgIpc) is 2.23. The molecule has 0 unspecified atom stereocenters. The van der Waals surface area contributed by atoms with Crippen molar-refractivity contribution in [1.82, 2.24) is 0 Å². The smallest absolute Gasteiger partial charge is 0.137 e. The second-order valence-corrected chi connectivity index (χ2v) is 6.91. The van der Waals surface area contributed by atoms with Crippen LogP contribution < -0.4 is 10.5 Å². The van der Waals surface area contributed by atoms with Crippen LogP contribution in [0.3, 0.4) is 0 Å². The van der Waals surface area contributed by atoms with Gasteiger partial charge in [0.15, 0.2) is 0 Å². The van der Waals surface area contributed by atoms with Gasteiger partial charge in [-0.15, -0.1) is 0 Å². The van der Waals surface area contributed by atoms with Gasteiger partial charge in [-0.3, -0.25) is 0 Å². The van der Waals surface area contributed by atoms with E-state index in [2.05, 4.69) is 65.5 Å². The van der Waals surface area contributed by atoms with Crippen molar-refractivity contribution in [3.8, 4) is 5.75 Å². The van der Waals surface area contributed by atoms with Gasteiger partial charge in [0.2, 0.25) is 0 Å². The first kappa shape index (κ1) is 15.0. The minimum atomic E-state index is 0.0950. The molecule has 0 aliphatic heterocycles. The summed E-state index contributed by atoms with van der Waals surface area (Å²) in [5.74, 6) is 0.999. The number of hydrogen-bond donors (Lipinski definition) is 1. The predicted octanol–water partition coefficient (Wildman–Crippen LogP) is 2.90. The van der Waals surface area contributed by atoms with Crippen molar-refractivity contribution in [3.63, 3.8) is 0 Å². The topological polar surface area (TPSA) is 36.9 Å². The van der Waals surface area contributed by atoms with Crippen molar-refractivity contribution in [3.05, 3.63) is 29.3 Å². The lowest BCUT2D eigenvalue weighted by Gasteiger charge is -2.27. The normalized spacial score (nSPS) is 12.6. The summed E-state index contributed by atoms with van der Waals surface area (Å²) >= 11 is 0. The van der Waals surface area contributed by atoms with E-state index in [-0.39, 0.29) is 10.8 Å². The van der Waals surface area contributed by atoms with E-state index in [4.69, 9.17) is 4.74 Å². The highest BCUT2D eigenvalue weighted by molar-refractivity contribution is 5.43. The molecule has 0 aromatic heterocycles. The number of quaternary nitrogens is 1. The van der Waals surface area contributed by atoms with E-state index in [0.717, 1.165) is 12.3 Å². The molecular weight excluding hydrogens is 222 g/mol. The molecule has 0 spiro atoms. The third-order valence-corrected chi connectivity index (χ3v) is 3.06. The van der Waals surface area contributed by atoms with Crippen LogP contribution in [0.15, 0.2) is 18.2 Å². The molecule has 0 saturated heterocycles. The summed E-state index contributed by atoms with van der Waals surface area (Å²) in [6.07, 6.45) is 0. The summed E-state index contributed by atoms with van der Waals surface area (Å²) in [4.78, 5) is 0. The van der Waals surface area contributed by atoms with Crippen LogP contribution in [-0.4, -0.2) is 13.2 Å². The first-order valence-corrected chi connectivity index (χ1v) is 6.73. The second kappa shape index (κ2) is 5.31. The van der Waals surface area contributed by atoms with Crippen molar-refractivity contribution in [2.75, 3.05) is 13.2 Å². The fourth-order valence-corrected chi connectivity index (χ4v) is 1.89. The van der Waals surface area contributed by atoms with Crippen molar-refractivity contribution in [2.45, 2.75) is 52.4 Å². The fraction of sp³-hybridized carbons (Fsp3) is 0.625. The van der Waals surface area contributed by atoms with Crippen LogP contribution in [0, 0.1) is 0 Å². The highest BCUT2D eigenvalue weighted by Crippen LogP contribution is 2.35. The maximum atomic E-state index is 5.82. The monoisotopic (exact) mass is 250 g/mol. The number of rotatable bonds is 3. The van der Waals surface area contributed by atoms with Gasteiger partial charge in [-0.25, -0.2) is 0 Å². The highest BCUT2D eigenvalue weighted by Gasteiger charge is 2.22. The summed E-state index contributed by atoms with van der Waals surface area (Å²) in [5.41, 5.74) is 6.73. The molecule has 102 valence electrons. The van der Waals surface area contributed by atoms with Gasteiger partial charge in [0.05, 0.1) is 0 Å². The first-order valence-electron chi connectivity index (χ1n) is 6.73. The van der Waals surface area contributed by atoms with Gasteiger partial charge in [0.25, 0.3) is 0 Å². The Balaban J connectivity index is 3.21. The SMILES string of the molecule is CC(C)(C)c1ccc(OCC[NH3+])c(C(C)(C)C)c1. The lowest BCUT2D eigenvalue weighted by atomic mass is 9.80. The van der Waals surface area contributed by atoms with Gasteiger partial charge in [-0.1, -0.05) is 53.7 Å². The van der Waals surface area contributed by atoms with Gasteiger partial charge in [0, 0.05) is 0 Å². The summed E-state index contributed by atoms with van der Waals surface area (Å²) in [6, 6.07) is 6.57. The molecule has 1 aromatic rings. The molecule has 0 saturated carbocycles. The van der Waals surface area contributed by atoms with Gasteiger partial charge in [0.1, 0.15) is 18.9 Å². The van der Waals surface area contributed by atoms with Gasteiger partial charge < -0.3 is 10.5 Å². The van der Waals surface area contributed by atoms with Gasteiger partial charge >= 0.3 is 0 Å². The van der Waals surface area contributed by atoms with E-state index >= 15 is 0 Å². The van der Waals surface area contributed by atoms with Crippen molar-refractivity contribution < 1.29 is 10.5 Å². The van der Waals surface area contributed by atoms with Crippen molar-refractivity contribution in [1.29, 1.82) is 0 Å². The molecule has 2 heteroatoms. The molecule has 2 nitrogen and oxygen atoms in total. The molecule has 0 aliphatic carbocycles. The number of benzene rings is 1. The second-order valence-electron chi connectivity index (χ2n) is 6.91. The molecule has 1 aromatic carbocycles. The quantitative estimate of drug-likeness (QED) is 0.880. The standard InChI is InChI=1S/C16H27NO/c1-15(2,3)12-7-8-14(18-10-9-17)13(11-12)16(4,5)6/h7-8,11H,9-10,17H2,1-6H3/p+1. The van der Waals surface area contributed by atoms with Crippen LogP contribution in [0.5, 0.6) is 5.75 Å². The Labute approximate surface area is 112 Å². The molecule has 0 heterocycles. The van der Waals surface area contributed by atoms with Crippen LogP contribution in [0.25, 0.3) is 0 Å². The predicted molar refractivity (Wildman–Crippen MR) is 77.1 cm³/mol. The summed E-state index contributed by atoms with van der Waals surface area (Å²) in [7, 11) is 0. The van der Waals surface area contributed by atoms with Crippen LogP contribution in [0.4, 0.5) is 0 Å². The van der Waals surface area contributed by atoms with Crippen molar-refractivity contribution in [2.24, 2.45) is 0 Å². The fourth-order valence-electron chi connectivity index (χ4n) is 1.89. The molecule has 0 amide bonds. The van der Waals surface area contributed by atoms with E-state index in [0.29, 0.717) is 6.61 Å². The van der Waals surface area contributed by atoms with E-state index in [9.17, 15) is 0 Å². The minimum Gasteiger partial charge on any atom is -0.487 e. The van der Waals surface area contributed by atoms with Gasteiger partial charge in [-0.2, -0.15) is 0 Å². The van der Waals surface area contributed by atoms with E-state index in [1.54, 1.807) is 0 Å². The highest BCUT2D eigenvalue weighted by atomic mass is 16.5. The Bertz CT molecular complexity index is 397. The molecule has 0 atom stereocenters. The summed E-state index contributed by atoms with van der Waals surface area (Å²) in [6.45, 7) is 14.9. The molecule has 18 heavy (non-hydrogen) atoms. The summed E-state index contributed by atoms with van der Waals surface area (Å²) in [5, 5.41) is 0. The number of ether oxygens (including phenoxy) is 1. The zero-order valence-corrected chi connectivity index (χ0v) is 12.8. The summed E-state index contributed by atoms with van der Waals surface area (Å²) < 4.78 is 5.82. The lowest BCUT2D eigenvalue weighted by molar-refractivity contribution is -0.370. The molecule has 0 radical (unpaired) electrons. The van der Waals surface area contributed by atoms with Crippen LogP contribution >= 0.6 is 0 Å². The average molecular weight is 250 g/mol. The maximum Gasteiger partial charge on any atom is 0.137 e. The van der Waals surface area contributed by atoms with Crippen molar-refractivity contribution >= 4 is 0 Å². The Kier molecular flexibility index (Phi) is 4.44. The van der Waals surface area contributed by atoms with Crippen LogP contribution in [0.2, 0.25) is 0 Å². The third-order valence-electron chi connectivity index (χ3n) is 3.06. The van der Waals surface area contributed by atoms with E-state index in [1.807, 2.05) is 0 Å². The zero-order chi connectivity index (χ0) is 14.0. The largest absolute Gasteiger partial charge is 0.487 e. The lowest BCUT2D eigenvalue weighted by Crippen LogP contribution is -2.52. The third kappa shape index (κ3) is 3.74. The Morgan fingerprint density at radius 1 is 1.00 bits per heavy atom. The van der Waals surface area contributed by atoms with Crippen LogP contribution in [-0.2, 0) is 10.8 Å². The van der Waals surface area contributed by atoms with Gasteiger partial charge in [-0.05, 0) is 28.0 Å². The Morgan fingerprint density at radius 2 is 1.61 bits per heavy atom. The molecular formula is C16H28NO+. The molecule has 1 rings (SSSR count). The Morgan fingerprint density at radius 3 is 2.06 bits per heavy atom. The first-order chi connectivity index (χ1) is 8.16. The van der Waals surface area contributed by atoms with E-state index < -0.39 is 0 Å². The Hall–Kier alpha value is -1.02. The molecule has 3 N–H and O–H groups in total. The molecule has 0 aliphatic rings. The molecule has 0 fully saturated rings. The van der Waals surface area contributed by atoms with E-state index in [1.165, 1.54) is 11.1 Å². The molecule has 0 bridgehead atoms. The zero-order valence-electron chi connectivity index (χ0n) is 12.8. The minimum absolute atomic E-state index is 0.0950. The van der Waals surface area contributed by atoms with Crippen LogP contribution in [0.1, 0.15) is 52.7 Å².